The van der Waals surface area contributed by atoms with E-state index in [9.17, 15) is 20.4 Å². The molecule has 7 nitrogen and oxygen atoms in total. The third kappa shape index (κ3) is 3.91. The summed E-state index contributed by atoms with van der Waals surface area (Å²) in [6, 6.07) is 6.60. The first-order valence-electron chi connectivity index (χ1n) is 6.73. The van der Waals surface area contributed by atoms with Gasteiger partial charge in [-0.15, -0.1) is 0 Å². The maximum absolute atomic E-state index is 9.78. The van der Waals surface area contributed by atoms with E-state index >= 15 is 0 Å². The van der Waals surface area contributed by atoms with Crippen LogP contribution in [0.15, 0.2) is 24.3 Å². The van der Waals surface area contributed by atoms with Gasteiger partial charge in [0.05, 0.1) is 13.2 Å². The molecule has 1 aromatic rings. The van der Waals surface area contributed by atoms with E-state index in [0.29, 0.717) is 6.42 Å². The number of rotatable bonds is 5. The van der Waals surface area contributed by atoms with Gasteiger partial charge >= 0.3 is 0 Å². The molecule has 0 spiro atoms. The number of phenols is 1. The van der Waals surface area contributed by atoms with E-state index in [4.69, 9.17) is 14.6 Å². The largest absolute Gasteiger partial charge is 0.508 e. The molecule has 5 atom stereocenters. The maximum atomic E-state index is 9.78. The van der Waals surface area contributed by atoms with Crippen LogP contribution in [-0.4, -0.2) is 69.5 Å². The number of ether oxygens (including phenoxy) is 2. The molecule has 1 unspecified atom stereocenters. The zero-order chi connectivity index (χ0) is 15.4. The second-order valence-electron chi connectivity index (χ2n) is 4.98. The molecule has 0 aromatic heterocycles. The van der Waals surface area contributed by atoms with Crippen LogP contribution >= 0.6 is 0 Å². The van der Waals surface area contributed by atoms with Crippen molar-refractivity contribution in [3.63, 3.8) is 0 Å². The van der Waals surface area contributed by atoms with Crippen LogP contribution in [0.3, 0.4) is 0 Å². The molecule has 1 aliphatic rings. The van der Waals surface area contributed by atoms with Gasteiger partial charge in [-0.25, -0.2) is 0 Å². The van der Waals surface area contributed by atoms with Gasteiger partial charge in [-0.1, -0.05) is 12.1 Å². The van der Waals surface area contributed by atoms with Gasteiger partial charge in [-0.05, 0) is 24.1 Å². The van der Waals surface area contributed by atoms with Crippen molar-refractivity contribution in [3.8, 4) is 5.75 Å². The standard InChI is InChI=1S/C14H20O7/c15-7-10-11(17)12(18)13(19)14(21-10)20-6-5-8-1-3-9(16)4-2-8/h1-4,10-19H,5-7H2/t10-,11-,12?,13-,14-/m1/s1. The van der Waals surface area contributed by atoms with Gasteiger partial charge in [0.25, 0.3) is 0 Å². The van der Waals surface area contributed by atoms with Gasteiger partial charge in [0.1, 0.15) is 30.2 Å². The number of aromatic hydroxyl groups is 1. The van der Waals surface area contributed by atoms with E-state index in [1.54, 1.807) is 24.3 Å². The summed E-state index contributed by atoms with van der Waals surface area (Å²) in [6.45, 7) is -0.268. The van der Waals surface area contributed by atoms with E-state index in [1.807, 2.05) is 0 Å². The summed E-state index contributed by atoms with van der Waals surface area (Å²) in [7, 11) is 0. The van der Waals surface area contributed by atoms with E-state index in [2.05, 4.69) is 0 Å². The smallest absolute Gasteiger partial charge is 0.186 e. The predicted octanol–water partition coefficient (Wildman–Crippen LogP) is -1.25. The van der Waals surface area contributed by atoms with Crippen molar-refractivity contribution in [1.82, 2.24) is 0 Å². The summed E-state index contributed by atoms with van der Waals surface area (Å²) in [4.78, 5) is 0. The Balaban J connectivity index is 1.85. The fourth-order valence-electron chi connectivity index (χ4n) is 2.16. The highest BCUT2D eigenvalue weighted by molar-refractivity contribution is 5.25. The van der Waals surface area contributed by atoms with Crippen LogP contribution in [-0.2, 0) is 15.9 Å². The summed E-state index contributed by atoms with van der Waals surface area (Å²) in [5, 5.41) is 47.3. The molecule has 0 aliphatic carbocycles. The van der Waals surface area contributed by atoms with Crippen LogP contribution in [0.5, 0.6) is 5.75 Å². The maximum Gasteiger partial charge on any atom is 0.186 e. The minimum absolute atomic E-state index is 0.175. The van der Waals surface area contributed by atoms with Gasteiger partial charge in [0.15, 0.2) is 6.29 Å². The molecule has 0 amide bonds. The third-order valence-electron chi connectivity index (χ3n) is 3.46. The molecule has 1 heterocycles. The first kappa shape index (κ1) is 16.2. The van der Waals surface area contributed by atoms with Crippen LogP contribution in [0, 0.1) is 0 Å². The first-order chi connectivity index (χ1) is 10.0. The number of phenolic OH excluding ortho intramolecular Hbond substituents is 1. The number of hydrogen-bond donors (Lipinski definition) is 5. The van der Waals surface area contributed by atoms with Gasteiger partial charge in [0.2, 0.25) is 0 Å². The Hall–Kier alpha value is -1.22. The Bertz CT molecular complexity index is 433. The van der Waals surface area contributed by atoms with Crippen molar-refractivity contribution in [2.45, 2.75) is 37.1 Å². The normalized spacial score (nSPS) is 33.0. The van der Waals surface area contributed by atoms with E-state index in [1.165, 1.54) is 0 Å². The van der Waals surface area contributed by atoms with Gasteiger partial charge < -0.3 is 35.0 Å². The quantitative estimate of drug-likeness (QED) is 0.461. The van der Waals surface area contributed by atoms with Gasteiger partial charge in [-0.2, -0.15) is 0 Å². The fourth-order valence-corrected chi connectivity index (χ4v) is 2.16. The van der Waals surface area contributed by atoms with Crippen molar-refractivity contribution < 1.29 is 35.0 Å². The third-order valence-corrected chi connectivity index (χ3v) is 3.46. The summed E-state index contributed by atoms with van der Waals surface area (Å²) < 4.78 is 10.6. The molecule has 5 N–H and O–H groups in total. The molecule has 0 saturated carbocycles. The van der Waals surface area contributed by atoms with Crippen molar-refractivity contribution in [3.05, 3.63) is 29.8 Å². The van der Waals surface area contributed by atoms with E-state index in [-0.39, 0.29) is 12.4 Å². The Kier molecular flexibility index (Phi) is 5.51. The van der Waals surface area contributed by atoms with Gasteiger partial charge in [-0.3, -0.25) is 0 Å². The highest BCUT2D eigenvalue weighted by Crippen LogP contribution is 2.22. The fraction of sp³-hybridized carbons (Fsp3) is 0.571. The van der Waals surface area contributed by atoms with Crippen LogP contribution in [0.1, 0.15) is 5.56 Å². The number of hydrogen-bond acceptors (Lipinski definition) is 7. The van der Waals surface area contributed by atoms with E-state index < -0.39 is 37.3 Å². The highest BCUT2D eigenvalue weighted by atomic mass is 16.7. The lowest BCUT2D eigenvalue weighted by Gasteiger charge is -2.39. The molecule has 2 rings (SSSR count). The Morgan fingerprint density at radius 1 is 1.00 bits per heavy atom. The average molecular weight is 300 g/mol. The summed E-state index contributed by atoms with van der Waals surface area (Å²) >= 11 is 0. The van der Waals surface area contributed by atoms with Gasteiger partial charge in [0, 0.05) is 0 Å². The van der Waals surface area contributed by atoms with Crippen molar-refractivity contribution in [2.24, 2.45) is 0 Å². The second-order valence-corrected chi connectivity index (χ2v) is 4.98. The first-order valence-corrected chi connectivity index (χ1v) is 6.73. The summed E-state index contributed by atoms with van der Waals surface area (Å²) in [6.07, 6.45) is -5.77. The molecule has 1 saturated heterocycles. The second kappa shape index (κ2) is 7.17. The van der Waals surface area contributed by atoms with Crippen molar-refractivity contribution in [1.29, 1.82) is 0 Å². The molecule has 21 heavy (non-hydrogen) atoms. The van der Waals surface area contributed by atoms with Crippen LogP contribution in [0.4, 0.5) is 0 Å². The molecule has 1 aliphatic heterocycles. The number of benzene rings is 1. The van der Waals surface area contributed by atoms with Crippen molar-refractivity contribution >= 4 is 0 Å². The van der Waals surface area contributed by atoms with Crippen LogP contribution in [0.25, 0.3) is 0 Å². The lowest BCUT2D eigenvalue weighted by atomic mass is 9.99. The molecule has 0 bridgehead atoms. The molecule has 118 valence electrons. The monoisotopic (exact) mass is 300 g/mol. The van der Waals surface area contributed by atoms with Crippen LogP contribution < -0.4 is 0 Å². The zero-order valence-corrected chi connectivity index (χ0v) is 11.4. The predicted molar refractivity (Wildman–Crippen MR) is 71.5 cm³/mol. The van der Waals surface area contributed by atoms with E-state index in [0.717, 1.165) is 5.56 Å². The Morgan fingerprint density at radius 3 is 2.29 bits per heavy atom. The highest BCUT2D eigenvalue weighted by Gasteiger charge is 2.43. The van der Waals surface area contributed by atoms with Crippen molar-refractivity contribution in [2.75, 3.05) is 13.2 Å². The minimum Gasteiger partial charge on any atom is -0.508 e. The SMILES string of the molecule is OC[C@H]1O[C@@H](OCCc2ccc(O)cc2)[C@H](O)C(O)[C@@H]1O. The molecule has 7 heteroatoms. The number of aliphatic hydroxyl groups is 4. The molecule has 1 fully saturated rings. The molecule has 1 aromatic carbocycles. The topological polar surface area (TPSA) is 120 Å². The summed E-state index contributed by atoms with van der Waals surface area (Å²) in [5.41, 5.74) is 0.928. The molecular weight excluding hydrogens is 280 g/mol. The lowest BCUT2D eigenvalue weighted by Crippen LogP contribution is -2.59. The Morgan fingerprint density at radius 2 is 1.67 bits per heavy atom. The average Bonchev–Trinajstić information content (AvgIpc) is 2.49. The Labute approximate surface area is 122 Å². The lowest BCUT2D eigenvalue weighted by molar-refractivity contribution is -0.300. The number of aliphatic hydroxyl groups excluding tert-OH is 4. The summed E-state index contributed by atoms with van der Waals surface area (Å²) in [5.74, 6) is 0.175. The van der Waals surface area contributed by atoms with Crippen LogP contribution in [0.2, 0.25) is 0 Å². The minimum atomic E-state index is -1.44. The molecule has 0 radical (unpaired) electrons. The zero-order valence-electron chi connectivity index (χ0n) is 11.4. The molecular formula is C14H20O7.